The molecule has 1 aliphatic carbocycles. The Labute approximate surface area is 90.4 Å². The standard InChI is InChI=1S/C9H14F3I/c10-9(11,12)8-3-1-7(2-4-8)5-6-13/h7-8H,1-6H2. The molecule has 0 spiro atoms. The summed E-state index contributed by atoms with van der Waals surface area (Å²) >= 11 is 2.29. The van der Waals surface area contributed by atoms with E-state index in [0.29, 0.717) is 18.8 Å². The molecule has 1 saturated carbocycles. The van der Waals surface area contributed by atoms with E-state index >= 15 is 0 Å². The Hall–Kier alpha value is 0.520. The summed E-state index contributed by atoms with van der Waals surface area (Å²) < 4.78 is 37.8. The zero-order valence-corrected chi connectivity index (χ0v) is 9.57. The Morgan fingerprint density at radius 3 is 2.00 bits per heavy atom. The van der Waals surface area contributed by atoms with Crippen molar-refractivity contribution >= 4 is 22.6 Å². The molecule has 4 heteroatoms. The van der Waals surface area contributed by atoms with E-state index in [-0.39, 0.29) is 0 Å². The zero-order valence-electron chi connectivity index (χ0n) is 7.41. The molecule has 0 unspecified atom stereocenters. The molecule has 1 fully saturated rings. The fourth-order valence-corrected chi connectivity index (χ4v) is 2.81. The molecule has 1 rings (SSSR count). The minimum absolute atomic E-state index is 0.352. The van der Waals surface area contributed by atoms with Gasteiger partial charge in [0.15, 0.2) is 0 Å². The van der Waals surface area contributed by atoms with E-state index in [4.69, 9.17) is 0 Å². The van der Waals surface area contributed by atoms with Crippen molar-refractivity contribution in [1.29, 1.82) is 0 Å². The van der Waals surface area contributed by atoms with Crippen LogP contribution in [0, 0.1) is 11.8 Å². The van der Waals surface area contributed by atoms with Crippen LogP contribution < -0.4 is 0 Å². The average Bonchev–Trinajstić information content (AvgIpc) is 2.04. The van der Waals surface area contributed by atoms with Crippen LogP contribution >= 0.6 is 22.6 Å². The number of hydrogen-bond donors (Lipinski definition) is 0. The Morgan fingerprint density at radius 2 is 1.62 bits per heavy atom. The predicted molar refractivity (Wildman–Crippen MR) is 55.0 cm³/mol. The topological polar surface area (TPSA) is 0 Å². The van der Waals surface area contributed by atoms with Gasteiger partial charge in [0.25, 0.3) is 0 Å². The molecule has 13 heavy (non-hydrogen) atoms. The van der Waals surface area contributed by atoms with E-state index in [2.05, 4.69) is 22.6 Å². The van der Waals surface area contributed by atoms with Crippen LogP contribution in [0.5, 0.6) is 0 Å². The van der Waals surface area contributed by atoms with Crippen molar-refractivity contribution < 1.29 is 13.2 Å². The molecule has 0 aromatic rings. The summed E-state index contributed by atoms with van der Waals surface area (Å²) in [6.07, 6.45) is -0.615. The third-order valence-electron chi connectivity index (χ3n) is 2.83. The summed E-state index contributed by atoms with van der Waals surface area (Å²) in [5, 5.41) is 0. The van der Waals surface area contributed by atoms with Crippen LogP contribution in [0.1, 0.15) is 32.1 Å². The summed E-state index contributed by atoms with van der Waals surface area (Å²) in [5.41, 5.74) is 0. The van der Waals surface area contributed by atoms with Crippen molar-refractivity contribution in [2.24, 2.45) is 11.8 Å². The van der Waals surface area contributed by atoms with Gasteiger partial charge in [-0.3, -0.25) is 0 Å². The van der Waals surface area contributed by atoms with Crippen LogP contribution in [0.2, 0.25) is 0 Å². The van der Waals surface area contributed by atoms with Crippen molar-refractivity contribution in [2.45, 2.75) is 38.3 Å². The van der Waals surface area contributed by atoms with E-state index in [1.807, 2.05) is 0 Å². The summed E-state index contributed by atoms with van der Waals surface area (Å²) in [5.74, 6) is -0.464. The van der Waals surface area contributed by atoms with Crippen LogP contribution in [-0.4, -0.2) is 10.6 Å². The van der Waals surface area contributed by atoms with Crippen molar-refractivity contribution in [2.75, 3.05) is 4.43 Å². The molecular formula is C9H14F3I. The molecule has 1 aliphatic rings. The van der Waals surface area contributed by atoms with Gasteiger partial charge in [-0.1, -0.05) is 22.6 Å². The first-order valence-corrected chi connectivity index (χ1v) is 6.19. The summed E-state index contributed by atoms with van der Waals surface area (Å²) in [6.45, 7) is 0. The molecule has 0 saturated heterocycles. The fraction of sp³-hybridized carbons (Fsp3) is 1.00. The molecule has 0 atom stereocenters. The highest BCUT2D eigenvalue weighted by Gasteiger charge is 2.41. The van der Waals surface area contributed by atoms with Crippen LogP contribution in [-0.2, 0) is 0 Å². The lowest BCUT2D eigenvalue weighted by Gasteiger charge is -2.29. The van der Waals surface area contributed by atoms with E-state index in [0.717, 1.165) is 23.7 Å². The molecule has 0 heterocycles. The molecule has 0 aliphatic heterocycles. The highest BCUT2D eigenvalue weighted by molar-refractivity contribution is 14.1. The largest absolute Gasteiger partial charge is 0.391 e. The van der Waals surface area contributed by atoms with E-state index < -0.39 is 12.1 Å². The van der Waals surface area contributed by atoms with Crippen LogP contribution in [0.15, 0.2) is 0 Å². The Bertz CT molecular complexity index is 147. The lowest BCUT2D eigenvalue weighted by molar-refractivity contribution is -0.183. The monoisotopic (exact) mass is 306 g/mol. The Kier molecular flexibility index (Phi) is 4.32. The smallest absolute Gasteiger partial charge is 0.171 e. The first kappa shape index (κ1) is 11.6. The van der Waals surface area contributed by atoms with Gasteiger partial charge in [-0.05, 0) is 42.4 Å². The highest BCUT2D eigenvalue weighted by Crippen LogP contribution is 2.40. The normalized spacial score (nSPS) is 30.5. The number of alkyl halides is 4. The van der Waals surface area contributed by atoms with Crippen molar-refractivity contribution in [1.82, 2.24) is 0 Å². The van der Waals surface area contributed by atoms with E-state index in [1.54, 1.807) is 0 Å². The predicted octanol–water partition coefficient (Wildman–Crippen LogP) is 4.18. The second-order valence-electron chi connectivity index (χ2n) is 3.74. The maximum absolute atomic E-state index is 12.3. The maximum atomic E-state index is 12.3. The lowest BCUT2D eigenvalue weighted by atomic mass is 9.80. The lowest BCUT2D eigenvalue weighted by Crippen LogP contribution is -2.27. The van der Waals surface area contributed by atoms with Gasteiger partial charge >= 0.3 is 6.18 Å². The summed E-state index contributed by atoms with van der Waals surface area (Å²) in [4.78, 5) is 0. The zero-order chi connectivity index (χ0) is 9.90. The summed E-state index contributed by atoms with van der Waals surface area (Å²) in [6, 6.07) is 0. The Morgan fingerprint density at radius 1 is 1.08 bits per heavy atom. The van der Waals surface area contributed by atoms with Gasteiger partial charge in [-0.25, -0.2) is 0 Å². The molecule has 0 aromatic heterocycles. The fourth-order valence-electron chi connectivity index (χ4n) is 1.93. The maximum Gasteiger partial charge on any atom is 0.391 e. The van der Waals surface area contributed by atoms with Crippen molar-refractivity contribution in [3.8, 4) is 0 Å². The molecule has 0 amide bonds. The van der Waals surface area contributed by atoms with Gasteiger partial charge in [0.05, 0.1) is 5.92 Å². The minimum atomic E-state index is -3.95. The van der Waals surface area contributed by atoms with Gasteiger partial charge in [-0.2, -0.15) is 13.2 Å². The SMILES string of the molecule is FC(F)(F)C1CCC(CCI)CC1. The second-order valence-corrected chi connectivity index (χ2v) is 4.82. The third kappa shape index (κ3) is 3.64. The number of halogens is 4. The van der Waals surface area contributed by atoms with Crippen molar-refractivity contribution in [3.63, 3.8) is 0 Å². The highest BCUT2D eigenvalue weighted by atomic mass is 127. The molecule has 0 aromatic carbocycles. The quantitative estimate of drug-likeness (QED) is 0.530. The number of rotatable bonds is 2. The number of hydrogen-bond acceptors (Lipinski definition) is 0. The second kappa shape index (κ2) is 4.84. The van der Waals surface area contributed by atoms with Crippen LogP contribution in [0.3, 0.4) is 0 Å². The molecule has 0 radical (unpaired) electrons. The molecule has 78 valence electrons. The summed E-state index contributed by atoms with van der Waals surface area (Å²) in [7, 11) is 0. The first-order valence-electron chi connectivity index (χ1n) is 4.66. The van der Waals surface area contributed by atoms with Gasteiger partial charge < -0.3 is 0 Å². The van der Waals surface area contributed by atoms with Gasteiger partial charge in [0.1, 0.15) is 0 Å². The van der Waals surface area contributed by atoms with Gasteiger partial charge in [0.2, 0.25) is 0 Å². The van der Waals surface area contributed by atoms with Gasteiger partial charge in [0, 0.05) is 0 Å². The minimum Gasteiger partial charge on any atom is -0.171 e. The molecular weight excluding hydrogens is 292 g/mol. The van der Waals surface area contributed by atoms with Gasteiger partial charge in [-0.15, -0.1) is 0 Å². The van der Waals surface area contributed by atoms with Crippen LogP contribution in [0.25, 0.3) is 0 Å². The molecule has 0 N–H and O–H groups in total. The first-order chi connectivity index (χ1) is 6.04. The van der Waals surface area contributed by atoms with E-state index in [9.17, 15) is 13.2 Å². The average molecular weight is 306 g/mol. The van der Waals surface area contributed by atoms with E-state index in [1.165, 1.54) is 0 Å². The van der Waals surface area contributed by atoms with Crippen molar-refractivity contribution in [3.05, 3.63) is 0 Å². The third-order valence-corrected chi connectivity index (χ3v) is 3.45. The molecule has 0 nitrogen and oxygen atoms in total. The Balaban J connectivity index is 2.30. The van der Waals surface area contributed by atoms with Crippen LogP contribution in [0.4, 0.5) is 13.2 Å². The molecule has 0 bridgehead atoms.